The van der Waals surface area contributed by atoms with Crippen molar-refractivity contribution in [1.29, 1.82) is 0 Å². The Hall–Kier alpha value is -3.67. The van der Waals surface area contributed by atoms with Gasteiger partial charge in [-0.15, -0.1) is 0 Å². The van der Waals surface area contributed by atoms with Crippen molar-refractivity contribution in [3.05, 3.63) is 71.4 Å². The molecule has 3 aromatic rings. The van der Waals surface area contributed by atoms with Crippen LogP contribution in [0.3, 0.4) is 0 Å². The standard InChI is InChI=1S/C29H33F3N2O6/c1-27(2,33)20-16-22(18-5-8-21(38-3)9-6-18)34-26(17-20)28(37,29(30,31)32)12-11-23(36)19-7-10-24(40-14-13-35)25(15-19)39-4/h5-10,15-17,35,37H,11-14,33H2,1-4H3. The number of alkyl halides is 3. The van der Waals surface area contributed by atoms with Crippen molar-refractivity contribution in [3.63, 3.8) is 0 Å². The number of nitrogens with zero attached hydrogens (tertiary/aromatic N) is 1. The molecule has 0 spiro atoms. The lowest BCUT2D eigenvalue weighted by Gasteiger charge is -2.32. The third-order valence-corrected chi connectivity index (χ3v) is 6.40. The zero-order valence-corrected chi connectivity index (χ0v) is 22.7. The van der Waals surface area contributed by atoms with Gasteiger partial charge in [0.1, 0.15) is 12.4 Å². The van der Waals surface area contributed by atoms with Gasteiger partial charge < -0.3 is 30.2 Å². The van der Waals surface area contributed by atoms with Crippen molar-refractivity contribution in [2.45, 2.75) is 44.0 Å². The number of halogens is 3. The first-order valence-corrected chi connectivity index (χ1v) is 12.4. The number of hydrogen-bond donors (Lipinski definition) is 3. The van der Waals surface area contributed by atoms with E-state index in [2.05, 4.69) is 4.98 Å². The summed E-state index contributed by atoms with van der Waals surface area (Å²) >= 11 is 0. The van der Waals surface area contributed by atoms with E-state index in [0.717, 1.165) is 6.07 Å². The summed E-state index contributed by atoms with van der Waals surface area (Å²) in [6.07, 6.45) is -6.79. The van der Waals surface area contributed by atoms with E-state index >= 15 is 0 Å². The fraction of sp³-hybridized carbons (Fsp3) is 0.379. The molecule has 0 aliphatic rings. The van der Waals surface area contributed by atoms with Crippen LogP contribution in [-0.4, -0.2) is 54.6 Å². The fourth-order valence-corrected chi connectivity index (χ4v) is 3.99. The largest absolute Gasteiger partial charge is 0.497 e. The molecule has 0 saturated heterocycles. The predicted octanol–water partition coefficient (Wildman–Crippen LogP) is 4.74. The van der Waals surface area contributed by atoms with E-state index in [9.17, 15) is 23.1 Å². The van der Waals surface area contributed by atoms with Crippen LogP contribution in [0.2, 0.25) is 0 Å². The van der Waals surface area contributed by atoms with Crippen LogP contribution >= 0.6 is 0 Å². The number of aliphatic hydroxyl groups excluding tert-OH is 1. The van der Waals surface area contributed by atoms with Gasteiger partial charge >= 0.3 is 6.18 Å². The summed E-state index contributed by atoms with van der Waals surface area (Å²) in [5, 5.41) is 20.1. The van der Waals surface area contributed by atoms with E-state index in [0.29, 0.717) is 16.9 Å². The molecule has 0 aliphatic heterocycles. The van der Waals surface area contributed by atoms with Crippen LogP contribution < -0.4 is 19.9 Å². The Morgan fingerprint density at radius 2 is 1.65 bits per heavy atom. The lowest BCUT2D eigenvalue weighted by atomic mass is 9.86. The lowest BCUT2D eigenvalue weighted by Crippen LogP contribution is -2.44. The van der Waals surface area contributed by atoms with Gasteiger partial charge in [0.2, 0.25) is 5.60 Å². The Morgan fingerprint density at radius 3 is 2.20 bits per heavy atom. The number of pyridine rings is 1. The molecule has 1 heterocycles. The van der Waals surface area contributed by atoms with Crippen molar-refractivity contribution in [2.75, 3.05) is 27.4 Å². The highest BCUT2D eigenvalue weighted by atomic mass is 19.4. The summed E-state index contributed by atoms with van der Waals surface area (Å²) in [6.45, 7) is 3.01. The van der Waals surface area contributed by atoms with E-state index in [-0.39, 0.29) is 36.0 Å². The van der Waals surface area contributed by atoms with E-state index < -0.39 is 41.6 Å². The summed E-state index contributed by atoms with van der Waals surface area (Å²) in [6, 6.07) is 13.4. The molecule has 8 nitrogen and oxygen atoms in total. The highest BCUT2D eigenvalue weighted by molar-refractivity contribution is 5.96. The molecule has 0 fully saturated rings. The van der Waals surface area contributed by atoms with Crippen LogP contribution in [0, 0.1) is 0 Å². The molecule has 1 unspecified atom stereocenters. The van der Waals surface area contributed by atoms with Gasteiger partial charge in [-0.1, -0.05) is 0 Å². The van der Waals surface area contributed by atoms with E-state index in [1.165, 1.54) is 32.4 Å². The third-order valence-electron chi connectivity index (χ3n) is 6.40. The third kappa shape index (κ3) is 6.90. The normalized spacial score (nSPS) is 13.4. The van der Waals surface area contributed by atoms with Crippen molar-refractivity contribution in [1.82, 2.24) is 4.98 Å². The van der Waals surface area contributed by atoms with Crippen LogP contribution in [0.5, 0.6) is 17.2 Å². The number of Topliss-reactive ketones (excluding diaryl/α,β-unsaturated/α-hetero) is 1. The Morgan fingerprint density at radius 1 is 0.975 bits per heavy atom. The van der Waals surface area contributed by atoms with E-state index in [4.69, 9.17) is 25.1 Å². The highest BCUT2D eigenvalue weighted by Crippen LogP contribution is 2.43. The molecule has 0 aliphatic carbocycles. The molecule has 2 aromatic carbocycles. The number of aliphatic hydroxyl groups is 2. The molecule has 1 aromatic heterocycles. The number of nitrogens with two attached hydrogens (primary N) is 1. The maximum absolute atomic E-state index is 14.5. The number of benzene rings is 2. The topological polar surface area (TPSA) is 124 Å². The second-order valence-electron chi connectivity index (χ2n) is 9.80. The maximum atomic E-state index is 14.5. The number of rotatable bonds is 12. The average Bonchev–Trinajstić information content (AvgIpc) is 2.93. The Kier molecular flexibility index (Phi) is 9.44. The summed E-state index contributed by atoms with van der Waals surface area (Å²) in [4.78, 5) is 17.1. The fourth-order valence-electron chi connectivity index (χ4n) is 3.99. The minimum atomic E-state index is -5.16. The molecule has 3 rings (SSSR count). The molecule has 11 heteroatoms. The second kappa shape index (κ2) is 12.2. The molecule has 4 N–H and O–H groups in total. The van der Waals surface area contributed by atoms with Crippen LogP contribution in [-0.2, 0) is 11.1 Å². The first-order chi connectivity index (χ1) is 18.7. The number of methoxy groups -OCH3 is 2. The Balaban J connectivity index is 2.00. The van der Waals surface area contributed by atoms with Gasteiger partial charge in [0, 0.05) is 23.1 Å². The quantitative estimate of drug-likeness (QED) is 0.271. The van der Waals surface area contributed by atoms with Gasteiger partial charge in [0.05, 0.1) is 32.2 Å². The van der Waals surface area contributed by atoms with Gasteiger partial charge in [-0.3, -0.25) is 4.79 Å². The predicted molar refractivity (Wildman–Crippen MR) is 143 cm³/mol. The second-order valence-corrected chi connectivity index (χ2v) is 9.80. The molecule has 0 saturated carbocycles. The minimum Gasteiger partial charge on any atom is -0.497 e. The summed E-state index contributed by atoms with van der Waals surface area (Å²) < 4.78 is 59.1. The Bertz CT molecular complexity index is 1320. The zero-order valence-electron chi connectivity index (χ0n) is 22.7. The molecule has 0 radical (unpaired) electrons. The van der Waals surface area contributed by atoms with Crippen molar-refractivity contribution < 1.29 is 42.4 Å². The highest BCUT2D eigenvalue weighted by Gasteiger charge is 2.56. The summed E-state index contributed by atoms with van der Waals surface area (Å²) in [7, 11) is 2.83. The molecule has 40 heavy (non-hydrogen) atoms. The molecule has 0 bridgehead atoms. The lowest BCUT2D eigenvalue weighted by molar-refractivity contribution is -0.270. The van der Waals surface area contributed by atoms with Gasteiger partial charge in [0.25, 0.3) is 0 Å². The van der Waals surface area contributed by atoms with Gasteiger partial charge in [0.15, 0.2) is 17.3 Å². The number of carbonyl (C=O) groups excluding carboxylic acids is 1. The minimum absolute atomic E-state index is 0.00749. The van der Waals surface area contributed by atoms with Gasteiger partial charge in [-0.05, 0) is 80.4 Å². The molecule has 0 amide bonds. The van der Waals surface area contributed by atoms with Crippen LogP contribution in [0.15, 0.2) is 54.6 Å². The Labute approximate surface area is 230 Å². The van der Waals surface area contributed by atoms with Crippen LogP contribution in [0.1, 0.15) is 48.3 Å². The summed E-state index contributed by atoms with van der Waals surface area (Å²) in [5.41, 5.74) is 2.12. The number of ether oxygens (including phenoxy) is 3. The molecular weight excluding hydrogens is 529 g/mol. The van der Waals surface area contributed by atoms with E-state index in [1.54, 1.807) is 44.2 Å². The van der Waals surface area contributed by atoms with Gasteiger partial charge in [-0.2, -0.15) is 13.2 Å². The van der Waals surface area contributed by atoms with Gasteiger partial charge in [-0.25, -0.2) is 4.98 Å². The number of ketones is 1. The number of hydrogen-bond acceptors (Lipinski definition) is 8. The average molecular weight is 563 g/mol. The maximum Gasteiger partial charge on any atom is 0.422 e. The van der Waals surface area contributed by atoms with Crippen molar-refractivity contribution in [3.8, 4) is 28.5 Å². The first kappa shape index (κ1) is 30.9. The van der Waals surface area contributed by atoms with Crippen LogP contribution in [0.4, 0.5) is 13.2 Å². The molecule has 216 valence electrons. The molecule has 1 atom stereocenters. The first-order valence-electron chi connectivity index (χ1n) is 12.4. The monoisotopic (exact) mass is 562 g/mol. The van der Waals surface area contributed by atoms with Crippen molar-refractivity contribution in [2.24, 2.45) is 5.73 Å². The van der Waals surface area contributed by atoms with Crippen molar-refractivity contribution >= 4 is 5.78 Å². The van der Waals surface area contributed by atoms with E-state index in [1.807, 2.05) is 0 Å². The summed E-state index contributed by atoms with van der Waals surface area (Å²) in [5.74, 6) is 0.333. The SMILES string of the molecule is COc1ccc(-c2cc(C(C)(C)N)cc(C(O)(CCC(=O)c3ccc(OCCO)c(OC)c3)C(F)(F)F)n2)cc1. The number of carbonyl (C=O) groups is 1. The smallest absolute Gasteiger partial charge is 0.422 e. The zero-order chi connectivity index (χ0) is 29.7. The van der Waals surface area contributed by atoms with Crippen LogP contribution in [0.25, 0.3) is 11.3 Å². The number of aromatic nitrogens is 1. The molecular formula is C29H33F3N2O6.